The summed E-state index contributed by atoms with van der Waals surface area (Å²) in [7, 11) is 0. The Hall–Kier alpha value is -1.37. The van der Waals surface area contributed by atoms with Gasteiger partial charge in [-0.3, -0.25) is 14.5 Å². The van der Waals surface area contributed by atoms with Crippen molar-refractivity contribution >= 4 is 35.0 Å². The Morgan fingerprint density at radius 2 is 1.91 bits per heavy atom. The van der Waals surface area contributed by atoms with Crippen molar-refractivity contribution in [1.82, 2.24) is 10.2 Å². The van der Waals surface area contributed by atoms with Crippen LogP contribution in [0.25, 0.3) is 0 Å². The SMILES string of the molecule is NC(=O)CN1CCC(NC(=O)c2cc(F)c(Cl)cc2Cl)CC1. The first kappa shape index (κ1) is 17.0. The molecule has 1 fully saturated rings. The summed E-state index contributed by atoms with van der Waals surface area (Å²) in [6.07, 6.45) is 1.37. The molecule has 0 spiro atoms. The fraction of sp³-hybridized carbons (Fsp3) is 0.429. The number of primary amides is 1. The van der Waals surface area contributed by atoms with Crippen LogP contribution in [0.4, 0.5) is 4.39 Å². The van der Waals surface area contributed by atoms with Gasteiger partial charge < -0.3 is 11.1 Å². The van der Waals surface area contributed by atoms with Crippen molar-refractivity contribution in [2.24, 2.45) is 5.73 Å². The van der Waals surface area contributed by atoms with Crippen LogP contribution in [0.5, 0.6) is 0 Å². The number of carbonyl (C=O) groups excluding carboxylic acids is 2. The average Bonchev–Trinajstić information content (AvgIpc) is 2.44. The summed E-state index contributed by atoms with van der Waals surface area (Å²) in [5.41, 5.74) is 5.20. The van der Waals surface area contributed by atoms with Gasteiger partial charge in [-0.15, -0.1) is 0 Å². The van der Waals surface area contributed by atoms with Crippen LogP contribution < -0.4 is 11.1 Å². The minimum atomic E-state index is -0.688. The molecule has 0 aliphatic carbocycles. The zero-order valence-corrected chi connectivity index (χ0v) is 13.3. The highest BCUT2D eigenvalue weighted by atomic mass is 35.5. The van der Waals surface area contributed by atoms with Crippen molar-refractivity contribution in [3.63, 3.8) is 0 Å². The van der Waals surface area contributed by atoms with Crippen molar-refractivity contribution < 1.29 is 14.0 Å². The fourth-order valence-corrected chi connectivity index (χ4v) is 2.88. The number of hydrogen-bond donors (Lipinski definition) is 2. The van der Waals surface area contributed by atoms with Gasteiger partial charge in [-0.25, -0.2) is 4.39 Å². The van der Waals surface area contributed by atoms with E-state index in [1.165, 1.54) is 6.07 Å². The number of nitrogens with zero attached hydrogens (tertiary/aromatic N) is 1. The molecule has 120 valence electrons. The highest BCUT2D eigenvalue weighted by molar-refractivity contribution is 6.36. The third-order valence-electron chi connectivity index (χ3n) is 3.56. The van der Waals surface area contributed by atoms with E-state index in [0.717, 1.165) is 6.07 Å². The second-order valence-corrected chi connectivity index (χ2v) is 6.05. The molecule has 8 heteroatoms. The Bertz CT molecular complexity index is 590. The normalized spacial score (nSPS) is 16.5. The lowest BCUT2D eigenvalue weighted by Crippen LogP contribution is -2.46. The third kappa shape index (κ3) is 4.32. The molecule has 2 amide bonds. The lowest BCUT2D eigenvalue weighted by Gasteiger charge is -2.31. The standard InChI is InChI=1S/C14H16Cl2FN3O2/c15-10-6-11(16)12(17)5-9(10)14(22)19-8-1-3-20(4-2-8)7-13(18)21/h5-6,8H,1-4,7H2,(H2,18,21)(H,19,22). The summed E-state index contributed by atoms with van der Waals surface area (Å²) in [6.45, 7) is 1.54. The first-order chi connectivity index (χ1) is 10.4. The van der Waals surface area contributed by atoms with Crippen LogP contribution in [0.3, 0.4) is 0 Å². The Kier molecular flexibility index (Phi) is 5.61. The summed E-state index contributed by atoms with van der Waals surface area (Å²) in [5.74, 6) is -1.49. The van der Waals surface area contributed by atoms with Gasteiger partial charge in [0.05, 0.1) is 22.2 Å². The van der Waals surface area contributed by atoms with Crippen LogP contribution in [-0.4, -0.2) is 42.4 Å². The van der Waals surface area contributed by atoms with Gasteiger partial charge in [0.1, 0.15) is 5.82 Å². The van der Waals surface area contributed by atoms with Gasteiger partial charge >= 0.3 is 0 Å². The van der Waals surface area contributed by atoms with Crippen LogP contribution >= 0.6 is 23.2 Å². The summed E-state index contributed by atoms with van der Waals surface area (Å²) < 4.78 is 13.4. The maximum absolute atomic E-state index is 13.4. The minimum absolute atomic E-state index is 0.0496. The van der Waals surface area contributed by atoms with Gasteiger partial charge in [-0.1, -0.05) is 23.2 Å². The molecule has 1 aromatic rings. The van der Waals surface area contributed by atoms with Crippen LogP contribution in [0, 0.1) is 5.82 Å². The number of rotatable bonds is 4. The topological polar surface area (TPSA) is 75.4 Å². The Labute approximate surface area is 137 Å². The van der Waals surface area contributed by atoms with Crippen LogP contribution in [0.15, 0.2) is 12.1 Å². The molecule has 1 aromatic carbocycles. The summed E-state index contributed by atoms with van der Waals surface area (Å²) >= 11 is 11.5. The van der Waals surface area contributed by atoms with Crippen LogP contribution in [-0.2, 0) is 4.79 Å². The minimum Gasteiger partial charge on any atom is -0.369 e. The number of likely N-dealkylation sites (tertiary alicyclic amines) is 1. The van der Waals surface area contributed by atoms with Crippen molar-refractivity contribution in [3.05, 3.63) is 33.6 Å². The predicted octanol–water partition coefficient (Wildman–Crippen LogP) is 1.81. The molecule has 0 unspecified atom stereocenters. The lowest BCUT2D eigenvalue weighted by molar-refractivity contribution is -0.119. The first-order valence-electron chi connectivity index (χ1n) is 6.83. The fourth-order valence-electron chi connectivity index (χ4n) is 2.42. The van der Waals surface area contributed by atoms with Crippen molar-refractivity contribution in [2.45, 2.75) is 18.9 Å². The van der Waals surface area contributed by atoms with E-state index >= 15 is 0 Å². The molecule has 2 rings (SSSR count). The number of nitrogens with one attached hydrogen (secondary N) is 1. The quantitative estimate of drug-likeness (QED) is 0.815. The third-order valence-corrected chi connectivity index (χ3v) is 4.16. The molecule has 0 bridgehead atoms. The molecular formula is C14H16Cl2FN3O2. The van der Waals surface area contributed by atoms with Gasteiger partial charge in [-0.2, -0.15) is 0 Å². The number of hydrogen-bond acceptors (Lipinski definition) is 3. The summed E-state index contributed by atoms with van der Waals surface area (Å²) in [4.78, 5) is 25.0. The molecule has 1 aliphatic heterocycles. The Morgan fingerprint density at radius 1 is 1.27 bits per heavy atom. The van der Waals surface area contributed by atoms with E-state index < -0.39 is 11.7 Å². The monoisotopic (exact) mass is 347 g/mol. The largest absolute Gasteiger partial charge is 0.369 e. The van der Waals surface area contributed by atoms with Gasteiger partial charge in [-0.05, 0) is 25.0 Å². The number of piperidine rings is 1. The van der Waals surface area contributed by atoms with Crippen molar-refractivity contribution in [3.8, 4) is 0 Å². The van der Waals surface area contributed by atoms with Gasteiger partial charge in [0.25, 0.3) is 5.91 Å². The molecule has 0 atom stereocenters. The predicted molar refractivity (Wildman–Crippen MR) is 82.5 cm³/mol. The second kappa shape index (κ2) is 7.26. The molecular weight excluding hydrogens is 332 g/mol. The van der Waals surface area contributed by atoms with E-state index in [1.807, 2.05) is 4.90 Å². The number of carbonyl (C=O) groups is 2. The molecule has 22 heavy (non-hydrogen) atoms. The maximum Gasteiger partial charge on any atom is 0.253 e. The van der Waals surface area contributed by atoms with Gasteiger partial charge in [0.15, 0.2) is 0 Å². The van der Waals surface area contributed by atoms with E-state index in [-0.39, 0.29) is 34.1 Å². The molecule has 0 radical (unpaired) electrons. The zero-order chi connectivity index (χ0) is 16.3. The van der Waals surface area contributed by atoms with E-state index in [9.17, 15) is 14.0 Å². The van der Waals surface area contributed by atoms with Gasteiger partial charge in [0.2, 0.25) is 5.91 Å². The molecule has 3 N–H and O–H groups in total. The molecule has 0 saturated carbocycles. The van der Waals surface area contributed by atoms with Gasteiger partial charge in [0, 0.05) is 19.1 Å². The molecule has 5 nitrogen and oxygen atoms in total. The van der Waals surface area contributed by atoms with Crippen LogP contribution in [0.1, 0.15) is 23.2 Å². The van der Waals surface area contributed by atoms with Crippen molar-refractivity contribution in [1.29, 1.82) is 0 Å². The highest BCUT2D eigenvalue weighted by Gasteiger charge is 2.23. The first-order valence-corrected chi connectivity index (χ1v) is 7.58. The number of benzene rings is 1. The molecule has 1 heterocycles. The van der Waals surface area contributed by atoms with E-state index in [4.69, 9.17) is 28.9 Å². The zero-order valence-electron chi connectivity index (χ0n) is 11.7. The highest BCUT2D eigenvalue weighted by Crippen LogP contribution is 2.24. The number of halogens is 3. The lowest BCUT2D eigenvalue weighted by atomic mass is 10.0. The number of amides is 2. The van der Waals surface area contributed by atoms with Crippen LogP contribution in [0.2, 0.25) is 10.0 Å². The molecule has 1 aliphatic rings. The van der Waals surface area contributed by atoms with E-state index in [0.29, 0.717) is 25.9 Å². The smallest absolute Gasteiger partial charge is 0.253 e. The van der Waals surface area contributed by atoms with Crippen molar-refractivity contribution in [2.75, 3.05) is 19.6 Å². The summed E-state index contributed by atoms with van der Waals surface area (Å²) in [5, 5.41) is 2.80. The second-order valence-electron chi connectivity index (χ2n) is 5.24. The average molecular weight is 348 g/mol. The molecule has 1 saturated heterocycles. The Balaban J connectivity index is 1.94. The molecule has 0 aromatic heterocycles. The van der Waals surface area contributed by atoms with E-state index in [1.54, 1.807) is 0 Å². The summed E-state index contributed by atoms with van der Waals surface area (Å²) in [6, 6.07) is 2.19. The maximum atomic E-state index is 13.4. The Morgan fingerprint density at radius 3 is 2.50 bits per heavy atom. The number of nitrogens with two attached hydrogens (primary N) is 1. The van der Waals surface area contributed by atoms with E-state index in [2.05, 4.69) is 5.32 Å².